The molecule has 0 saturated heterocycles. The summed E-state index contributed by atoms with van der Waals surface area (Å²) < 4.78 is 5.18. The number of hydrogen-bond acceptors (Lipinski definition) is 6. The van der Waals surface area contributed by atoms with Gasteiger partial charge >= 0.3 is 0 Å². The number of amides is 3. The van der Waals surface area contributed by atoms with Gasteiger partial charge in [0.1, 0.15) is 0 Å². The van der Waals surface area contributed by atoms with Gasteiger partial charge in [-0.2, -0.15) is 15.3 Å². The van der Waals surface area contributed by atoms with Gasteiger partial charge < -0.3 is 16.0 Å². The summed E-state index contributed by atoms with van der Waals surface area (Å²) in [6.45, 7) is 17.9. The molecule has 2 aliphatic carbocycles. The van der Waals surface area contributed by atoms with Crippen LogP contribution in [0.3, 0.4) is 0 Å². The Bertz CT molecular complexity index is 4690. The topological polar surface area (TPSA) is 141 Å². The van der Waals surface area contributed by atoms with Crippen LogP contribution in [0.1, 0.15) is 199 Å². The highest BCUT2D eigenvalue weighted by atomic mass is 35.5. The molecule has 0 aliphatic heterocycles. The molecule has 3 amide bonds. The standard InChI is InChI=1S/2C28H30Cl3N3O.C28H24Cl3N3O/c3*1-17(14-20-8-7-11-22(29)15-20)27-18(2)26(28(35)32-19(3)21-9-5-4-6-10-21)33-34(27)25-13-12-23(30)16-24(25)31/h2*7-8,11-16,19,21H,4-6,9-10H2,1-3H3,(H,32,35);4-16,19H,1-3H3,(H,32,35)/b3*17-14+/t3*19-/m100/s1. The van der Waals surface area contributed by atoms with E-state index in [-0.39, 0.29) is 35.8 Å². The molecule has 2 fully saturated rings. The maximum absolute atomic E-state index is 13.4. The average Bonchev–Trinajstić information content (AvgIpc) is 1.63. The van der Waals surface area contributed by atoms with Crippen molar-refractivity contribution in [2.75, 3.05) is 0 Å². The minimum Gasteiger partial charge on any atom is -0.348 e. The van der Waals surface area contributed by atoms with Crippen LogP contribution in [0.25, 0.3) is 52.0 Å². The number of carbonyl (C=O) groups excluding carboxylic acids is 3. The average molecular weight is 1590 g/mol. The zero-order chi connectivity index (χ0) is 75.3. The Morgan fingerprint density at radius 1 is 0.381 bits per heavy atom. The van der Waals surface area contributed by atoms with Crippen molar-refractivity contribution in [3.05, 3.63) is 276 Å². The van der Waals surface area contributed by atoms with Crippen LogP contribution in [0.15, 0.2) is 158 Å². The van der Waals surface area contributed by atoms with Gasteiger partial charge in [0.2, 0.25) is 0 Å². The number of aromatic nitrogens is 6. The molecule has 0 bridgehead atoms. The number of benzene rings is 7. The number of hydrogen-bond donors (Lipinski definition) is 3. The van der Waals surface area contributed by atoms with E-state index in [0.29, 0.717) is 91.2 Å². The maximum atomic E-state index is 13.4. The molecule has 546 valence electrons. The molecule has 0 unspecified atom stereocenters. The van der Waals surface area contributed by atoms with Crippen molar-refractivity contribution in [2.24, 2.45) is 11.8 Å². The molecule has 21 heteroatoms. The number of allylic oxidation sites excluding steroid dienone is 3. The molecule has 3 N–H and O–H groups in total. The van der Waals surface area contributed by atoms with Crippen molar-refractivity contribution in [1.29, 1.82) is 0 Å². The molecule has 10 aromatic rings. The van der Waals surface area contributed by atoms with Crippen molar-refractivity contribution in [1.82, 2.24) is 45.3 Å². The first-order chi connectivity index (χ1) is 50.2. The fraction of sp³-hybridized carbons (Fsp3) is 0.286. The van der Waals surface area contributed by atoms with Crippen LogP contribution >= 0.6 is 104 Å². The van der Waals surface area contributed by atoms with Crippen molar-refractivity contribution in [3.63, 3.8) is 0 Å². The van der Waals surface area contributed by atoms with Crippen LogP contribution in [0, 0.1) is 32.6 Å². The van der Waals surface area contributed by atoms with E-state index in [1.807, 2.05) is 182 Å². The predicted molar refractivity (Wildman–Crippen MR) is 439 cm³/mol. The van der Waals surface area contributed by atoms with Crippen LogP contribution in [0.2, 0.25) is 45.2 Å². The number of halogens is 9. The lowest BCUT2D eigenvalue weighted by Crippen LogP contribution is -2.39. The third kappa shape index (κ3) is 20.4. The Labute approximate surface area is 661 Å². The summed E-state index contributed by atoms with van der Waals surface area (Å²) in [4.78, 5) is 40.1. The Morgan fingerprint density at radius 3 is 0.971 bits per heavy atom. The lowest BCUT2D eigenvalue weighted by molar-refractivity contribution is 0.0905. The first-order valence-corrected chi connectivity index (χ1v) is 38.6. The Morgan fingerprint density at radius 2 is 0.676 bits per heavy atom. The fourth-order valence-electron chi connectivity index (χ4n) is 13.9. The molecule has 2 aliphatic rings. The Balaban J connectivity index is 0.000000169. The van der Waals surface area contributed by atoms with Crippen molar-refractivity contribution in [2.45, 2.75) is 145 Å². The minimum absolute atomic E-state index is 0.0954. The molecule has 2 saturated carbocycles. The van der Waals surface area contributed by atoms with Crippen molar-refractivity contribution >= 4 is 157 Å². The normalized spacial score (nSPS) is 14.7. The summed E-state index contributed by atoms with van der Waals surface area (Å²) in [6.07, 6.45) is 18.2. The summed E-state index contributed by atoms with van der Waals surface area (Å²) >= 11 is 56.7. The van der Waals surface area contributed by atoms with Crippen molar-refractivity contribution < 1.29 is 14.4 Å². The summed E-state index contributed by atoms with van der Waals surface area (Å²) in [5.41, 5.74) is 14.4. The molecular formula is C84H84Cl9N9O3. The largest absolute Gasteiger partial charge is 0.348 e. The third-order valence-electron chi connectivity index (χ3n) is 19.3. The van der Waals surface area contributed by atoms with Gasteiger partial charge in [-0.25, -0.2) is 14.0 Å². The lowest BCUT2D eigenvalue weighted by atomic mass is 9.84. The quantitative estimate of drug-likeness (QED) is 0.0781. The number of rotatable bonds is 18. The summed E-state index contributed by atoms with van der Waals surface area (Å²) in [7, 11) is 0. The molecular weight excluding hydrogens is 1500 g/mol. The molecule has 3 aromatic heterocycles. The van der Waals surface area contributed by atoms with E-state index >= 15 is 0 Å². The van der Waals surface area contributed by atoms with E-state index in [4.69, 9.17) is 120 Å². The van der Waals surface area contributed by atoms with Gasteiger partial charge in [-0.3, -0.25) is 14.4 Å². The van der Waals surface area contributed by atoms with Gasteiger partial charge in [-0.15, -0.1) is 0 Å². The third-order valence-corrected chi connectivity index (χ3v) is 21.6. The van der Waals surface area contributed by atoms with Crippen LogP contribution in [-0.4, -0.2) is 59.1 Å². The van der Waals surface area contributed by atoms with Crippen LogP contribution in [0.5, 0.6) is 0 Å². The monoisotopic (exact) mass is 1580 g/mol. The zero-order valence-corrected chi connectivity index (χ0v) is 66.8. The van der Waals surface area contributed by atoms with Crippen LogP contribution in [0.4, 0.5) is 0 Å². The number of nitrogens with zero attached hydrogens (tertiary/aromatic N) is 6. The van der Waals surface area contributed by atoms with Gasteiger partial charge in [0.15, 0.2) is 17.1 Å². The molecule has 12 rings (SSSR count). The van der Waals surface area contributed by atoms with E-state index < -0.39 is 0 Å². The Hall–Kier alpha value is -7.59. The van der Waals surface area contributed by atoms with E-state index in [1.54, 1.807) is 56.5 Å². The van der Waals surface area contributed by atoms with Crippen LogP contribution in [-0.2, 0) is 0 Å². The van der Waals surface area contributed by atoms with Crippen LogP contribution < -0.4 is 16.0 Å². The fourth-order valence-corrected chi connectivity index (χ4v) is 16.0. The molecule has 0 spiro atoms. The summed E-state index contributed by atoms with van der Waals surface area (Å²) in [5, 5.41) is 28.6. The van der Waals surface area contributed by atoms with E-state index in [0.717, 1.165) is 98.4 Å². The zero-order valence-electron chi connectivity index (χ0n) is 60.0. The molecule has 3 heterocycles. The minimum atomic E-state index is -0.264. The van der Waals surface area contributed by atoms with Gasteiger partial charge in [0.25, 0.3) is 17.7 Å². The predicted octanol–water partition coefficient (Wildman–Crippen LogP) is 25.0. The van der Waals surface area contributed by atoms with Gasteiger partial charge in [-0.1, -0.05) is 210 Å². The van der Waals surface area contributed by atoms with Gasteiger partial charge in [-0.05, 0) is 248 Å². The summed E-state index contributed by atoms with van der Waals surface area (Å²) in [6, 6.07) is 48.4. The summed E-state index contributed by atoms with van der Waals surface area (Å²) in [5.74, 6) is 0.413. The van der Waals surface area contributed by atoms with E-state index in [9.17, 15) is 14.4 Å². The first-order valence-electron chi connectivity index (χ1n) is 35.2. The Kier molecular flexibility index (Phi) is 28.0. The second kappa shape index (κ2) is 36.8. The van der Waals surface area contributed by atoms with Gasteiger partial charge in [0, 0.05) is 58.9 Å². The second-order valence-corrected chi connectivity index (χ2v) is 30.9. The molecule has 105 heavy (non-hydrogen) atoms. The van der Waals surface area contributed by atoms with Gasteiger partial charge in [0.05, 0.1) is 55.3 Å². The number of nitrogens with one attached hydrogen (secondary N) is 3. The molecule has 7 aromatic carbocycles. The second-order valence-electron chi connectivity index (χ2n) is 27.1. The molecule has 12 nitrogen and oxygen atoms in total. The molecule has 3 atom stereocenters. The smallest absolute Gasteiger partial charge is 0.272 e. The first kappa shape index (κ1) is 80.0. The highest BCUT2D eigenvalue weighted by Gasteiger charge is 2.31. The molecule has 0 radical (unpaired) electrons. The van der Waals surface area contributed by atoms with E-state index in [2.05, 4.69) is 29.8 Å². The highest BCUT2D eigenvalue weighted by molar-refractivity contribution is 6.37. The lowest BCUT2D eigenvalue weighted by Gasteiger charge is -2.28. The van der Waals surface area contributed by atoms with E-state index in [1.165, 1.54) is 38.5 Å². The highest BCUT2D eigenvalue weighted by Crippen LogP contribution is 2.37. The number of carbonyl (C=O) groups is 3. The maximum Gasteiger partial charge on any atom is 0.272 e. The van der Waals surface area contributed by atoms with Crippen molar-refractivity contribution in [3.8, 4) is 17.1 Å². The SMILES string of the molecule is C/C(=C\c1cccc(Cl)c1)c1c(C)c(C(=O)N[C@@H](C)C2CCCCC2)nn1-c1ccc(Cl)cc1Cl.C/C(=C\c1cccc(Cl)c1)c1c(C)c(C(=O)N[C@@H](C)c2ccccc2)nn1-c1ccc(Cl)cc1Cl.C/C(=C\c1cccc(Cl)c1)c1c(C)c(C(=O)N[C@H](C)C2CCCCC2)nn1-c1ccc(Cl)cc1Cl.